The summed E-state index contributed by atoms with van der Waals surface area (Å²) in [6.07, 6.45) is 4.81. The van der Waals surface area contributed by atoms with E-state index in [-0.39, 0.29) is 0 Å². The number of fused-ring (bicyclic) bond motifs is 2. The predicted octanol–water partition coefficient (Wildman–Crippen LogP) is 1.20. The van der Waals surface area contributed by atoms with Crippen molar-refractivity contribution >= 4 is 5.78 Å². The first-order valence-electron chi connectivity index (χ1n) is 4.98. The Morgan fingerprint density at radius 2 is 1.92 bits per heavy atom. The van der Waals surface area contributed by atoms with Crippen LogP contribution in [-0.2, 0) is 4.79 Å². The Morgan fingerprint density at radius 3 is 2.67 bits per heavy atom. The van der Waals surface area contributed by atoms with E-state index in [9.17, 15) is 4.79 Å². The van der Waals surface area contributed by atoms with E-state index in [1.54, 1.807) is 0 Å². The highest BCUT2D eigenvalue weighted by Gasteiger charge is 2.48. The number of carbonyl (C=O) groups excluding carboxylic acids is 1. The van der Waals surface area contributed by atoms with E-state index >= 15 is 0 Å². The van der Waals surface area contributed by atoms with Gasteiger partial charge in [0.1, 0.15) is 6.04 Å². The molecule has 1 aliphatic carbocycles. The van der Waals surface area contributed by atoms with Crippen molar-refractivity contribution in [2.75, 3.05) is 20.6 Å². The number of carbonyl (C=O) groups is 1. The van der Waals surface area contributed by atoms with Crippen molar-refractivity contribution in [2.24, 2.45) is 5.92 Å². The van der Waals surface area contributed by atoms with Gasteiger partial charge in [0.05, 0.1) is 26.6 Å². The molecule has 0 aromatic rings. The van der Waals surface area contributed by atoms with E-state index in [2.05, 4.69) is 14.1 Å². The molecule has 2 nitrogen and oxygen atoms in total. The number of ketones is 1. The molecule has 0 unspecified atom stereocenters. The molecular weight excluding hydrogens is 150 g/mol. The SMILES string of the molecule is C[N+]1(C)C[C@@H]2CCCC[C@H]1C2=O. The molecule has 1 aliphatic heterocycles. The van der Waals surface area contributed by atoms with Gasteiger partial charge < -0.3 is 4.48 Å². The number of likely N-dealkylation sites (N-methyl/N-ethyl adjacent to an activating group) is 1. The molecule has 0 radical (unpaired) electrons. The fraction of sp³-hybridized carbons (Fsp3) is 0.900. The normalized spacial score (nSPS) is 39.7. The Balaban J connectivity index is 2.26. The van der Waals surface area contributed by atoms with Gasteiger partial charge in [-0.2, -0.15) is 0 Å². The average molecular weight is 168 g/mol. The Kier molecular flexibility index (Phi) is 1.76. The summed E-state index contributed by atoms with van der Waals surface area (Å²) in [5.41, 5.74) is 0. The quantitative estimate of drug-likeness (QED) is 0.497. The van der Waals surface area contributed by atoms with Crippen LogP contribution in [0.2, 0.25) is 0 Å². The lowest BCUT2D eigenvalue weighted by Gasteiger charge is -2.31. The van der Waals surface area contributed by atoms with Gasteiger partial charge in [0, 0.05) is 6.42 Å². The van der Waals surface area contributed by atoms with Gasteiger partial charge in [-0.1, -0.05) is 6.42 Å². The highest BCUT2D eigenvalue weighted by molar-refractivity contribution is 5.87. The fourth-order valence-electron chi connectivity index (χ4n) is 2.86. The number of nitrogens with zero attached hydrogens (tertiary/aromatic N) is 1. The van der Waals surface area contributed by atoms with Crippen LogP contribution in [0.25, 0.3) is 0 Å². The minimum absolute atomic E-state index is 0.331. The molecule has 0 amide bonds. The van der Waals surface area contributed by atoms with Gasteiger partial charge in [0.15, 0.2) is 5.78 Å². The summed E-state index contributed by atoms with van der Waals surface area (Å²) in [5, 5.41) is 0. The molecule has 1 saturated carbocycles. The second-order valence-corrected chi connectivity index (χ2v) is 4.86. The van der Waals surface area contributed by atoms with Gasteiger partial charge in [-0.3, -0.25) is 4.79 Å². The van der Waals surface area contributed by atoms with Crippen LogP contribution in [0.15, 0.2) is 0 Å². The van der Waals surface area contributed by atoms with Crippen molar-refractivity contribution in [3.8, 4) is 0 Å². The lowest BCUT2D eigenvalue weighted by molar-refractivity contribution is -0.899. The molecule has 2 aliphatic rings. The zero-order chi connectivity index (χ0) is 8.77. The summed E-state index contributed by atoms with van der Waals surface area (Å²) in [4.78, 5) is 11.8. The molecule has 2 rings (SSSR count). The Hall–Kier alpha value is -0.370. The summed E-state index contributed by atoms with van der Waals surface area (Å²) in [6.45, 7) is 1.09. The number of rotatable bonds is 0. The van der Waals surface area contributed by atoms with E-state index in [0.29, 0.717) is 17.7 Å². The van der Waals surface area contributed by atoms with Crippen molar-refractivity contribution < 1.29 is 9.28 Å². The topological polar surface area (TPSA) is 17.1 Å². The monoisotopic (exact) mass is 168 g/mol. The molecule has 0 aromatic heterocycles. The van der Waals surface area contributed by atoms with Crippen LogP contribution in [0.1, 0.15) is 25.7 Å². The molecular formula is C10H18NO+. The Labute approximate surface area is 74.1 Å². The largest absolute Gasteiger partial charge is 0.319 e. The second kappa shape index (κ2) is 2.56. The van der Waals surface area contributed by atoms with Gasteiger partial charge in [0.2, 0.25) is 0 Å². The van der Waals surface area contributed by atoms with Crippen LogP contribution in [0.4, 0.5) is 0 Å². The van der Waals surface area contributed by atoms with Crippen LogP contribution in [-0.4, -0.2) is 36.9 Å². The maximum Gasteiger partial charge on any atom is 0.198 e. The van der Waals surface area contributed by atoms with Crippen LogP contribution in [0, 0.1) is 5.92 Å². The van der Waals surface area contributed by atoms with Gasteiger partial charge in [0.25, 0.3) is 0 Å². The molecule has 0 spiro atoms. The molecule has 2 heteroatoms. The molecule has 1 heterocycles. The smallest absolute Gasteiger partial charge is 0.198 e. The average Bonchev–Trinajstić information content (AvgIpc) is 2.17. The van der Waals surface area contributed by atoms with Gasteiger partial charge >= 0.3 is 0 Å². The van der Waals surface area contributed by atoms with E-state index in [1.165, 1.54) is 12.8 Å². The molecule has 1 saturated heterocycles. The van der Waals surface area contributed by atoms with Crippen molar-refractivity contribution in [1.82, 2.24) is 0 Å². The van der Waals surface area contributed by atoms with Crippen molar-refractivity contribution in [3.63, 3.8) is 0 Å². The summed E-state index contributed by atoms with van der Waals surface area (Å²) < 4.78 is 0.948. The molecule has 0 aromatic carbocycles. The van der Waals surface area contributed by atoms with Gasteiger partial charge in [-0.15, -0.1) is 0 Å². The van der Waals surface area contributed by atoms with Crippen LogP contribution in [0.5, 0.6) is 0 Å². The maximum atomic E-state index is 11.8. The summed E-state index contributed by atoms with van der Waals surface area (Å²) in [7, 11) is 4.40. The minimum Gasteiger partial charge on any atom is -0.319 e. The third kappa shape index (κ3) is 1.09. The molecule has 2 atom stereocenters. The third-order valence-electron chi connectivity index (χ3n) is 3.55. The highest BCUT2D eigenvalue weighted by Crippen LogP contribution is 2.34. The Morgan fingerprint density at radius 1 is 1.25 bits per heavy atom. The van der Waals surface area contributed by atoms with Crippen molar-refractivity contribution in [1.29, 1.82) is 0 Å². The Bertz CT molecular complexity index is 210. The lowest BCUT2D eigenvalue weighted by atomic mass is 10.0. The predicted molar refractivity (Wildman–Crippen MR) is 47.7 cm³/mol. The first kappa shape index (κ1) is 8.24. The molecule has 0 N–H and O–H groups in total. The van der Waals surface area contributed by atoms with E-state index < -0.39 is 0 Å². The second-order valence-electron chi connectivity index (χ2n) is 4.86. The third-order valence-corrected chi connectivity index (χ3v) is 3.55. The number of hydrogen-bond donors (Lipinski definition) is 0. The zero-order valence-electron chi connectivity index (χ0n) is 8.05. The molecule has 68 valence electrons. The first-order chi connectivity index (χ1) is 5.61. The van der Waals surface area contributed by atoms with Crippen LogP contribution >= 0.6 is 0 Å². The minimum atomic E-state index is 0.331. The summed E-state index contributed by atoms with van der Waals surface area (Å²) in [5.74, 6) is 0.949. The van der Waals surface area contributed by atoms with E-state index in [0.717, 1.165) is 23.9 Å². The van der Waals surface area contributed by atoms with Crippen molar-refractivity contribution in [3.05, 3.63) is 0 Å². The van der Waals surface area contributed by atoms with E-state index in [1.807, 2.05) is 0 Å². The zero-order valence-corrected chi connectivity index (χ0v) is 8.05. The van der Waals surface area contributed by atoms with E-state index in [4.69, 9.17) is 0 Å². The molecule has 2 bridgehead atoms. The molecule has 12 heavy (non-hydrogen) atoms. The number of likely N-dealkylation sites (tertiary alicyclic amines) is 1. The fourth-order valence-corrected chi connectivity index (χ4v) is 2.86. The number of quaternary nitrogens is 1. The van der Waals surface area contributed by atoms with Crippen LogP contribution < -0.4 is 0 Å². The lowest BCUT2D eigenvalue weighted by Crippen LogP contribution is -2.46. The van der Waals surface area contributed by atoms with Crippen molar-refractivity contribution in [2.45, 2.75) is 31.7 Å². The standard InChI is InChI=1S/C10H18NO/c1-11(2)7-8-5-3-4-6-9(11)10(8)12/h8-9H,3-7H2,1-2H3/q+1/t8-,9-/m0/s1. The van der Waals surface area contributed by atoms with Gasteiger partial charge in [-0.25, -0.2) is 0 Å². The summed E-state index contributed by atoms with van der Waals surface area (Å²) >= 11 is 0. The first-order valence-corrected chi connectivity index (χ1v) is 4.98. The number of hydrogen-bond acceptors (Lipinski definition) is 1. The highest BCUT2D eigenvalue weighted by atomic mass is 16.1. The summed E-state index contributed by atoms with van der Waals surface area (Å²) in [6, 6.07) is 0.331. The maximum absolute atomic E-state index is 11.8. The molecule has 2 fully saturated rings. The van der Waals surface area contributed by atoms with Gasteiger partial charge in [-0.05, 0) is 12.8 Å². The number of Topliss-reactive ketones (excluding diaryl/α,β-unsaturated/α-hetero) is 1. The van der Waals surface area contributed by atoms with Crippen LogP contribution in [0.3, 0.4) is 0 Å².